The van der Waals surface area contributed by atoms with Crippen LogP contribution in [-0.2, 0) is 23.7 Å². The van der Waals surface area contributed by atoms with Gasteiger partial charge in [0.15, 0.2) is 0 Å². The minimum atomic E-state index is -0.143. The number of aromatic nitrogens is 2. The average Bonchev–Trinajstić information content (AvgIpc) is 3.26. The third kappa shape index (κ3) is 1.65. The molecular weight excluding hydrogens is 304 g/mol. The van der Waals surface area contributed by atoms with Gasteiger partial charge in [0.1, 0.15) is 0 Å². The van der Waals surface area contributed by atoms with Crippen molar-refractivity contribution in [1.82, 2.24) is 18.9 Å². The first kappa shape index (κ1) is 14.6. The number of hydrogen-bond donors (Lipinski definition) is 0. The number of rotatable bonds is 2. The first-order valence-corrected chi connectivity index (χ1v) is 7.72. The van der Waals surface area contributed by atoms with Gasteiger partial charge in [0.25, 0.3) is 11.8 Å². The van der Waals surface area contributed by atoms with Crippen molar-refractivity contribution in [3.8, 4) is 0 Å². The maximum absolute atomic E-state index is 12.9. The molecule has 4 rings (SSSR count). The van der Waals surface area contributed by atoms with E-state index in [9.17, 15) is 9.59 Å². The van der Waals surface area contributed by atoms with Crippen LogP contribution in [0.1, 0.15) is 11.4 Å². The predicted octanol–water partition coefficient (Wildman–Crippen LogP) is 1.43. The Kier molecular flexibility index (Phi) is 2.87. The Morgan fingerprint density at radius 1 is 0.667 bits per heavy atom. The van der Waals surface area contributed by atoms with Crippen molar-refractivity contribution in [2.45, 2.75) is 0 Å². The third-order valence-electron chi connectivity index (χ3n) is 4.80. The lowest BCUT2D eigenvalue weighted by atomic mass is 10.1. The Bertz CT molecular complexity index is 879. The van der Waals surface area contributed by atoms with Crippen molar-refractivity contribution in [2.24, 2.45) is 14.1 Å². The Morgan fingerprint density at radius 3 is 1.33 bits per heavy atom. The van der Waals surface area contributed by atoms with Crippen LogP contribution in [0.3, 0.4) is 0 Å². The second-order valence-corrected chi connectivity index (χ2v) is 6.18. The summed E-state index contributed by atoms with van der Waals surface area (Å²) in [6.07, 6.45) is 3.81. The van der Waals surface area contributed by atoms with Gasteiger partial charge in [-0.2, -0.15) is 0 Å². The highest BCUT2D eigenvalue weighted by atomic mass is 16.2. The van der Waals surface area contributed by atoms with Crippen molar-refractivity contribution in [2.75, 3.05) is 14.1 Å². The minimum absolute atomic E-state index is 0.143. The van der Waals surface area contributed by atoms with Crippen molar-refractivity contribution >= 4 is 23.2 Å². The van der Waals surface area contributed by atoms with Gasteiger partial charge in [-0.15, -0.1) is 0 Å². The summed E-state index contributed by atoms with van der Waals surface area (Å²) in [7, 11) is 7.26. The van der Waals surface area contributed by atoms with Gasteiger partial charge in [-0.05, 0) is 24.3 Å². The predicted molar refractivity (Wildman–Crippen MR) is 90.2 cm³/mol. The van der Waals surface area contributed by atoms with Gasteiger partial charge < -0.3 is 18.9 Å². The van der Waals surface area contributed by atoms with E-state index in [4.69, 9.17) is 0 Å². The van der Waals surface area contributed by atoms with Crippen LogP contribution in [0, 0.1) is 0 Å². The molecule has 6 heteroatoms. The normalized spacial score (nSPS) is 17.7. The molecular formula is C18H18N4O2. The van der Waals surface area contributed by atoms with Gasteiger partial charge in [-0.1, -0.05) is 0 Å². The molecule has 0 saturated carbocycles. The maximum Gasteiger partial charge on any atom is 0.261 e. The molecule has 2 aromatic rings. The molecule has 0 saturated heterocycles. The lowest BCUT2D eigenvalue weighted by molar-refractivity contribution is -0.123. The number of aryl methyl sites for hydroxylation is 2. The highest BCUT2D eigenvalue weighted by Gasteiger charge is 2.47. The van der Waals surface area contributed by atoms with E-state index in [1.807, 2.05) is 59.9 Å². The largest absolute Gasteiger partial charge is 0.349 e. The first-order valence-electron chi connectivity index (χ1n) is 7.72. The van der Waals surface area contributed by atoms with Gasteiger partial charge in [0.2, 0.25) is 0 Å². The van der Waals surface area contributed by atoms with E-state index in [2.05, 4.69) is 0 Å². The average molecular weight is 322 g/mol. The molecule has 24 heavy (non-hydrogen) atoms. The molecule has 0 atom stereocenters. The molecule has 0 aromatic carbocycles. The maximum atomic E-state index is 12.9. The van der Waals surface area contributed by atoms with Gasteiger partial charge in [-0.25, -0.2) is 0 Å². The molecule has 4 heterocycles. The second kappa shape index (κ2) is 4.74. The number of carbonyl (C=O) groups is 2. The van der Waals surface area contributed by atoms with Crippen LogP contribution in [-0.4, -0.2) is 44.8 Å². The summed E-state index contributed by atoms with van der Waals surface area (Å²) in [5.41, 5.74) is 4.02. The molecule has 122 valence electrons. The van der Waals surface area contributed by atoms with Crippen molar-refractivity contribution in [3.63, 3.8) is 0 Å². The lowest BCUT2D eigenvalue weighted by Gasteiger charge is -2.20. The summed E-state index contributed by atoms with van der Waals surface area (Å²) in [5.74, 6) is -0.287. The first-order chi connectivity index (χ1) is 11.4. The summed E-state index contributed by atoms with van der Waals surface area (Å²) >= 11 is 0. The third-order valence-corrected chi connectivity index (χ3v) is 4.80. The molecule has 0 bridgehead atoms. The minimum Gasteiger partial charge on any atom is -0.349 e. The van der Waals surface area contributed by atoms with E-state index in [-0.39, 0.29) is 11.8 Å². The summed E-state index contributed by atoms with van der Waals surface area (Å²) < 4.78 is 3.84. The fraction of sp³-hybridized carbons (Fsp3) is 0.222. The zero-order chi connectivity index (χ0) is 17.2. The molecule has 2 aliphatic rings. The highest BCUT2D eigenvalue weighted by molar-refractivity contribution is 6.29. The van der Waals surface area contributed by atoms with E-state index in [1.54, 1.807) is 23.9 Å². The van der Waals surface area contributed by atoms with Crippen molar-refractivity contribution < 1.29 is 9.59 Å². The topological polar surface area (TPSA) is 50.5 Å². The van der Waals surface area contributed by atoms with E-state index in [0.717, 1.165) is 11.4 Å². The van der Waals surface area contributed by atoms with Crippen LogP contribution in [0.4, 0.5) is 0 Å². The van der Waals surface area contributed by atoms with Gasteiger partial charge in [0.05, 0.1) is 33.9 Å². The highest BCUT2D eigenvalue weighted by Crippen LogP contribution is 2.45. The summed E-state index contributed by atoms with van der Waals surface area (Å²) in [4.78, 5) is 29.0. The van der Waals surface area contributed by atoms with Gasteiger partial charge >= 0.3 is 0 Å². The zero-order valence-electron chi connectivity index (χ0n) is 14.1. The molecule has 0 fully saturated rings. The van der Waals surface area contributed by atoms with E-state index < -0.39 is 0 Å². The number of nitrogens with zero attached hydrogens (tertiary/aromatic N) is 4. The quantitative estimate of drug-likeness (QED) is 0.840. The van der Waals surface area contributed by atoms with Crippen molar-refractivity contribution in [3.05, 3.63) is 59.2 Å². The standard InChI is InChI=1S/C18H18N4O2/c1-19-9-5-7-11(19)15-13-14(18(24)21(15)3)16(22(4)17(13)23)12-8-6-10-20(12)2/h5-10H,1-4H3. The molecule has 2 aliphatic heterocycles. The zero-order valence-corrected chi connectivity index (χ0v) is 14.1. The van der Waals surface area contributed by atoms with Gasteiger partial charge in [0, 0.05) is 40.6 Å². The molecule has 0 spiro atoms. The second-order valence-electron chi connectivity index (χ2n) is 6.18. The summed E-state index contributed by atoms with van der Waals surface area (Å²) in [6.45, 7) is 0. The summed E-state index contributed by atoms with van der Waals surface area (Å²) in [5, 5.41) is 0. The number of amides is 2. The van der Waals surface area contributed by atoms with Crippen LogP contribution in [0.25, 0.3) is 11.4 Å². The number of hydrogen-bond acceptors (Lipinski definition) is 2. The molecule has 0 N–H and O–H groups in total. The smallest absolute Gasteiger partial charge is 0.261 e. The van der Waals surface area contributed by atoms with Crippen LogP contribution < -0.4 is 0 Å². The fourth-order valence-electron chi connectivity index (χ4n) is 3.54. The Balaban J connectivity index is 2.05. The molecule has 6 nitrogen and oxygen atoms in total. The van der Waals surface area contributed by atoms with E-state index >= 15 is 0 Å². The SMILES string of the molecule is CN1C(=O)C2=C(c3cccn3C)N(C)C(=O)C2=C1c1cccn1C. The molecule has 0 radical (unpaired) electrons. The molecule has 2 aromatic heterocycles. The Morgan fingerprint density at radius 2 is 1.04 bits per heavy atom. The monoisotopic (exact) mass is 322 g/mol. The molecule has 2 amide bonds. The molecule has 0 unspecified atom stereocenters. The Hall–Kier alpha value is -3.02. The number of likely N-dealkylation sites (N-methyl/N-ethyl adjacent to an activating group) is 2. The van der Waals surface area contributed by atoms with Crippen LogP contribution in [0.15, 0.2) is 47.8 Å². The van der Waals surface area contributed by atoms with Gasteiger partial charge in [-0.3, -0.25) is 9.59 Å². The number of fused-ring (bicyclic) bond motifs is 1. The van der Waals surface area contributed by atoms with Crippen LogP contribution in [0.2, 0.25) is 0 Å². The Labute approximate surface area is 139 Å². The van der Waals surface area contributed by atoms with Crippen LogP contribution >= 0.6 is 0 Å². The number of carbonyl (C=O) groups excluding carboxylic acids is 2. The van der Waals surface area contributed by atoms with Crippen molar-refractivity contribution in [1.29, 1.82) is 0 Å². The molecule has 0 aliphatic carbocycles. The van der Waals surface area contributed by atoms with E-state index in [0.29, 0.717) is 22.5 Å². The van der Waals surface area contributed by atoms with Crippen LogP contribution in [0.5, 0.6) is 0 Å². The fourth-order valence-corrected chi connectivity index (χ4v) is 3.54. The lowest BCUT2D eigenvalue weighted by Crippen LogP contribution is -2.26. The van der Waals surface area contributed by atoms with E-state index in [1.165, 1.54) is 0 Å². The summed E-state index contributed by atoms with van der Waals surface area (Å²) in [6, 6.07) is 7.65.